The topological polar surface area (TPSA) is 41.1 Å². The van der Waals surface area contributed by atoms with Crippen LogP contribution in [-0.4, -0.2) is 25.0 Å². The summed E-state index contributed by atoms with van der Waals surface area (Å²) in [6.45, 7) is 5.33. The fourth-order valence-electron chi connectivity index (χ4n) is 1.66. The Bertz CT molecular complexity index is 224. The molecule has 1 atom stereocenters. The molecule has 0 aliphatic heterocycles. The minimum atomic E-state index is 0.109. The first-order chi connectivity index (χ1) is 7.18. The van der Waals surface area contributed by atoms with E-state index in [1.54, 1.807) is 0 Å². The molecule has 1 amide bonds. The number of nitrogens with one attached hydrogen (secondary N) is 2. The third-order valence-electron chi connectivity index (χ3n) is 2.64. The molecule has 1 rings (SSSR count). The summed E-state index contributed by atoms with van der Waals surface area (Å²) in [6, 6.07) is 0.369. The van der Waals surface area contributed by atoms with E-state index in [1.807, 2.05) is 13.8 Å². The smallest absolute Gasteiger partial charge is 0.233 e. The van der Waals surface area contributed by atoms with Gasteiger partial charge in [0, 0.05) is 12.6 Å². The minimum Gasteiger partial charge on any atom is -0.355 e. The fourth-order valence-corrected chi connectivity index (χ4v) is 1.66. The van der Waals surface area contributed by atoms with E-state index in [0.717, 1.165) is 19.4 Å². The Morgan fingerprint density at radius 2 is 2.27 bits per heavy atom. The average Bonchev–Trinajstić information content (AvgIpc) is 2.25. The highest BCUT2D eigenvalue weighted by atomic mass is 16.1. The van der Waals surface area contributed by atoms with Crippen LogP contribution in [-0.2, 0) is 4.79 Å². The number of hydrogen-bond donors (Lipinski definition) is 2. The largest absolute Gasteiger partial charge is 0.355 e. The van der Waals surface area contributed by atoms with Gasteiger partial charge in [-0.05, 0) is 25.2 Å². The predicted octanol–water partition coefficient (Wildman–Crippen LogP) is 1.46. The van der Waals surface area contributed by atoms with E-state index in [1.165, 1.54) is 6.42 Å². The maximum absolute atomic E-state index is 11.4. The van der Waals surface area contributed by atoms with E-state index in [-0.39, 0.29) is 5.91 Å². The lowest BCUT2D eigenvalue weighted by Gasteiger charge is -2.18. The van der Waals surface area contributed by atoms with Crippen molar-refractivity contribution < 1.29 is 4.79 Å². The second-order valence-electron chi connectivity index (χ2n) is 4.49. The molecule has 0 aromatic carbocycles. The van der Waals surface area contributed by atoms with Crippen LogP contribution >= 0.6 is 0 Å². The van der Waals surface area contributed by atoms with Crippen molar-refractivity contribution in [1.82, 2.24) is 10.6 Å². The second-order valence-corrected chi connectivity index (χ2v) is 4.49. The van der Waals surface area contributed by atoms with Crippen molar-refractivity contribution in [2.75, 3.05) is 13.1 Å². The van der Waals surface area contributed by atoms with Crippen LogP contribution in [0.15, 0.2) is 12.2 Å². The molecular weight excluding hydrogens is 188 g/mol. The Labute approximate surface area is 92.3 Å². The molecule has 0 saturated carbocycles. The van der Waals surface area contributed by atoms with Crippen molar-refractivity contribution in [3.05, 3.63) is 12.2 Å². The summed E-state index contributed by atoms with van der Waals surface area (Å²) in [5.74, 6) is 0.747. The van der Waals surface area contributed by atoms with Crippen molar-refractivity contribution in [2.24, 2.45) is 5.92 Å². The lowest BCUT2D eigenvalue weighted by atomic mass is 9.94. The average molecular weight is 210 g/mol. The summed E-state index contributed by atoms with van der Waals surface area (Å²) in [5.41, 5.74) is 0. The Balaban J connectivity index is 2.08. The summed E-state index contributed by atoms with van der Waals surface area (Å²) >= 11 is 0. The molecular formula is C12H22N2O. The molecule has 0 saturated heterocycles. The zero-order valence-electron chi connectivity index (χ0n) is 9.75. The normalized spacial score (nSPS) is 20.6. The third kappa shape index (κ3) is 5.57. The van der Waals surface area contributed by atoms with Crippen LogP contribution in [0.5, 0.6) is 0 Å². The molecule has 0 radical (unpaired) electrons. The number of amides is 1. The molecule has 0 spiro atoms. The maximum Gasteiger partial charge on any atom is 0.233 e. The van der Waals surface area contributed by atoms with E-state index < -0.39 is 0 Å². The standard InChI is InChI=1S/C12H22N2O/c1-10(2)13-9-12(15)14-8-11-6-4-3-5-7-11/h3-4,10-11,13H,5-9H2,1-2H3,(H,14,15). The van der Waals surface area contributed by atoms with Crippen LogP contribution < -0.4 is 10.6 Å². The SMILES string of the molecule is CC(C)NCC(=O)NCC1CC=CCC1. The summed E-state index contributed by atoms with van der Waals surface area (Å²) < 4.78 is 0. The number of carbonyl (C=O) groups is 1. The van der Waals surface area contributed by atoms with E-state index in [4.69, 9.17) is 0 Å². The zero-order valence-corrected chi connectivity index (χ0v) is 9.75. The minimum absolute atomic E-state index is 0.109. The van der Waals surface area contributed by atoms with Crippen molar-refractivity contribution >= 4 is 5.91 Å². The van der Waals surface area contributed by atoms with Gasteiger partial charge in [0.05, 0.1) is 6.54 Å². The van der Waals surface area contributed by atoms with Gasteiger partial charge in [-0.1, -0.05) is 26.0 Å². The van der Waals surface area contributed by atoms with Crippen molar-refractivity contribution in [2.45, 2.75) is 39.2 Å². The van der Waals surface area contributed by atoms with E-state index >= 15 is 0 Å². The van der Waals surface area contributed by atoms with Gasteiger partial charge in [-0.3, -0.25) is 4.79 Å². The van der Waals surface area contributed by atoms with Gasteiger partial charge in [0.1, 0.15) is 0 Å². The number of rotatable bonds is 5. The van der Waals surface area contributed by atoms with Gasteiger partial charge in [-0.2, -0.15) is 0 Å². The van der Waals surface area contributed by atoms with Crippen LogP contribution in [0.25, 0.3) is 0 Å². The van der Waals surface area contributed by atoms with Gasteiger partial charge >= 0.3 is 0 Å². The quantitative estimate of drug-likeness (QED) is 0.674. The van der Waals surface area contributed by atoms with Crippen molar-refractivity contribution in [1.29, 1.82) is 0 Å². The monoisotopic (exact) mass is 210 g/mol. The second kappa shape index (κ2) is 6.62. The van der Waals surface area contributed by atoms with Crippen LogP contribution in [0.1, 0.15) is 33.1 Å². The van der Waals surface area contributed by atoms with Crippen LogP contribution in [0.4, 0.5) is 0 Å². The summed E-state index contributed by atoms with van der Waals surface area (Å²) in [6.07, 6.45) is 7.91. The van der Waals surface area contributed by atoms with Crippen LogP contribution in [0.2, 0.25) is 0 Å². The third-order valence-corrected chi connectivity index (χ3v) is 2.64. The molecule has 1 aliphatic rings. The molecule has 2 N–H and O–H groups in total. The highest BCUT2D eigenvalue weighted by Crippen LogP contribution is 2.16. The highest BCUT2D eigenvalue weighted by molar-refractivity contribution is 5.77. The number of carbonyl (C=O) groups excluding carboxylic acids is 1. The lowest BCUT2D eigenvalue weighted by Crippen LogP contribution is -2.39. The Kier molecular flexibility index (Phi) is 5.40. The van der Waals surface area contributed by atoms with Gasteiger partial charge in [-0.15, -0.1) is 0 Å². The molecule has 1 aliphatic carbocycles. The molecule has 0 bridgehead atoms. The van der Waals surface area contributed by atoms with E-state index in [9.17, 15) is 4.79 Å². The number of hydrogen-bond acceptors (Lipinski definition) is 2. The molecule has 0 heterocycles. The first-order valence-electron chi connectivity index (χ1n) is 5.83. The molecule has 3 heteroatoms. The van der Waals surface area contributed by atoms with Gasteiger partial charge < -0.3 is 10.6 Å². The van der Waals surface area contributed by atoms with Crippen molar-refractivity contribution in [3.8, 4) is 0 Å². The van der Waals surface area contributed by atoms with Crippen LogP contribution in [0, 0.1) is 5.92 Å². The Morgan fingerprint density at radius 3 is 2.87 bits per heavy atom. The molecule has 1 unspecified atom stereocenters. The molecule has 0 aromatic rings. The zero-order chi connectivity index (χ0) is 11.1. The number of allylic oxidation sites excluding steroid dienone is 2. The van der Waals surface area contributed by atoms with Gasteiger partial charge in [0.2, 0.25) is 5.91 Å². The highest BCUT2D eigenvalue weighted by Gasteiger charge is 2.10. The maximum atomic E-state index is 11.4. The molecule has 15 heavy (non-hydrogen) atoms. The Morgan fingerprint density at radius 1 is 1.47 bits per heavy atom. The predicted molar refractivity (Wildman–Crippen MR) is 62.6 cm³/mol. The Hall–Kier alpha value is -0.830. The first-order valence-corrected chi connectivity index (χ1v) is 5.83. The summed E-state index contributed by atoms with van der Waals surface area (Å²) in [4.78, 5) is 11.4. The van der Waals surface area contributed by atoms with E-state index in [0.29, 0.717) is 18.5 Å². The lowest BCUT2D eigenvalue weighted by molar-refractivity contribution is -0.120. The van der Waals surface area contributed by atoms with Crippen molar-refractivity contribution in [3.63, 3.8) is 0 Å². The molecule has 3 nitrogen and oxygen atoms in total. The fraction of sp³-hybridized carbons (Fsp3) is 0.750. The van der Waals surface area contributed by atoms with Gasteiger partial charge in [-0.25, -0.2) is 0 Å². The van der Waals surface area contributed by atoms with Crippen LogP contribution in [0.3, 0.4) is 0 Å². The summed E-state index contributed by atoms with van der Waals surface area (Å²) in [7, 11) is 0. The molecule has 0 aromatic heterocycles. The van der Waals surface area contributed by atoms with E-state index in [2.05, 4.69) is 22.8 Å². The first kappa shape index (κ1) is 12.2. The summed E-state index contributed by atoms with van der Waals surface area (Å²) in [5, 5.41) is 6.08. The molecule has 0 fully saturated rings. The van der Waals surface area contributed by atoms with Gasteiger partial charge in [0.25, 0.3) is 0 Å². The molecule has 86 valence electrons. The van der Waals surface area contributed by atoms with Gasteiger partial charge in [0.15, 0.2) is 0 Å².